The van der Waals surface area contributed by atoms with Crippen molar-refractivity contribution >= 4 is 13.1 Å². The summed E-state index contributed by atoms with van der Waals surface area (Å²) in [6, 6.07) is 6.78. The minimum atomic E-state index is -4.24. The number of rotatable bonds is 6. The number of hydrogen-bond acceptors (Lipinski definition) is 3. The monoisotopic (exact) mass is 310 g/mol. The van der Waals surface area contributed by atoms with Crippen LogP contribution in [-0.2, 0) is 9.09 Å². The number of benzene rings is 1. The van der Waals surface area contributed by atoms with Crippen LogP contribution in [0.5, 0.6) is 0 Å². The van der Waals surface area contributed by atoms with Gasteiger partial charge in [0.05, 0.1) is 6.61 Å². The molecule has 0 radical (unpaired) electrons. The molecule has 0 amide bonds. The fraction of sp³-hybridized carbons (Fsp3) is 0.562. The highest BCUT2D eigenvalue weighted by Crippen LogP contribution is 2.46. The van der Waals surface area contributed by atoms with E-state index in [1.807, 2.05) is 0 Å². The van der Waals surface area contributed by atoms with E-state index in [0.29, 0.717) is 11.5 Å². The van der Waals surface area contributed by atoms with Gasteiger partial charge < -0.3 is 9.42 Å². The molecule has 0 heterocycles. The first-order valence-electron chi connectivity index (χ1n) is 7.58. The van der Waals surface area contributed by atoms with E-state index in [-0.39, 0.29) is 12.2 Å². The van der Waals surface area contributed by atoms with Crippen LogP contribution < -0.4 is 0 Å². The first kappa shape index (κ1) is 16.4. The molecule has 1 atom stereocenters. The van der Waals surface area contributed by atoms with Crippen LogP contribution in [0, 0.1) is 12.8 Å². The Hall–Kier alpha value is -0.960. The second kappa shape index (κ2) is 7.35. The molecule has 1 aromatic rings. The number of carbonyl (C=O) groups excluding carboxylic acids is 1. The van der Waals surface area contributed by atoms with Crippen molar-refractivity contribution in [1.82, 2.24) is 0 Å². The molecule has 4 nitrogen and oxygen atoms in total. The van der Waals surface area contributed by atoms with Crippen molar-refractivity contribution in [1.29, 1.82) is 0 Å². The minimum Gasteiger partial charge on any atom is -0.319 e. The Kier molecular flexibility index (Phi) is 5.74. The normalized spacial score (nSPS) is 19.1. The highest BCUT2D eigenvalue weighted by atomic mass is 31.2. The van der Waals surface area contributed by atoms with Gasteiger partial charge in [0.25, 0.3) is 5.52 Å². The standard InChI is InChI=1S/C16H23O4P/c1-13-7-5-6-10-15(13)16(17)21(18,19)20-12-11-14-8-3-2-4-9-14/h5-7,10,14H,2-4,8-9,11-12H2,1H3,(H,18,19). The first-order valence-corrected chi connectivity index (χ1v) is 9.16. The molecule has 0 spiro atoms. The zero-order valence-electron chi connectivity index (χ0n) is 12.5. The van der Waals surface area contributed by atoms with E-state index < -0.39 is 13.1 Å². The molecule has 1 aliphatic carbocycles. The molecular formula is C16H23O4P. The minimum absolute atomic E-state index is 0.177. The van der Waals surface area contributed by atoms with E-state index >= 15 is 0 Å². The zero-order chi connectivity index (χ0) is 15.3. The van der Waals surface area contributed by atoms with Crippen molar-refractivity contribution in [2.24, 2.45) is 5.92 Å². The molecule has 0 saturated heterocycles. The Bertz CT molecular complexity index is 535. The third-order valence-electron chi connectivity index (χ3n) is 4.15. The fourth-order valence-electron chi connectivity index (χ4n) is 2.84. The molecule has 0 aliphatic heterocycles. The molecular weight excluding hydrogens is 287 g/mol. The Labute approximate surface area is 126 Å². The van der Waals surface area contributed by atoms with Crippen LogP contribution in [0.15, 0.2) is 24.3 Å². The van der Waals surface area contributed by atoms with Gasteiger partial charge in [0.2, 0.25) is 0 Å². The lowest BCUT2D eigenvalue weighted by Crippen LogP contribution is -2.11. The highest BCUT2D eigenvalue weighted by Gasteiger charge is 2.32. The van der Waals surface area contributed by atoms with Crippen LogP contribution in [0.25, 0.3) is 0 Å². The summed E-state index contributed by atoms with van der Waals surface area (Å²) in [6.45, 7) is 1.92. The van der Waals surface area contributed by atoms with Crippen LogP contribution in [0.3, 0.4) is 0 Å². The predicted molar refractivity (Wildman–Crippen MR) is 82.5 cm³/mol. The lowest BCUT2D eigenvalue weighted by molar-refractivity contribution is 0.101. The van der Waals surface area contributed by atoms with Gasteiger partial charge in [0.15, 0.2) is 0 Å². The van der Waals surface area contributed by atoms with E-state index in [1.165, 1.54) is 19.3 Å². The van der Waals surface area contributed by atoms with E-state index in [1.54, 1.807) is 31.2 Å². The summed E-state index contributed by atoms with van der Waals surface area (Å²) in [6.07, 6.45) is 6.80. The number of carbonyl (C=O) groups is 1. The van der Waals surface area contributed by atoms with Gasteiger partial charge >= 0.3 is 7.60 Å². The van der Waals surface area contributed by atoms with Crippen molar-refractivity contribution < 1.29 is 18.8 Å². The maximum Gasteiger partial charge on any atom is 0.399 e. The summed E-state index contributed by atoms with van der Waals surface area (Å²) in [4.78, 5) is 22.0. The van der Waals surface area contributed by atoms with Crippen molar-refractivity contribution in [3.05, 3.63) is 35.4 Å². The molecule has 0 aromatic heterocycles. The zero-order valence-corrected chi connectivity index (χ0v) is 13.4. The number of aryl methyl sites for hydroxylation is 1. The lowest BCUT2D eigenvalue weighted by Gasteiger charge is -2.21. The topological polar surface area (TPSA) is 63.6 Å². The van der Waals surface area contributed by atoms with E-state index in [2.05, 4.69) is 0 Å². The number of hydrogen-bond donors (Lipinski definition) is 1. The van der Waals surface area contributed by atoms with Crippen LogP contribution in [0.2, 0.25) is 0 Å². The van der Waals surface area contributed by atoms with Gasteiger partial charge in [-0.1, -0.05) is 56.4 Å². The summed E-state index contributed by atoms with van der Waals surface area (Å²) < 4.78 is 17.2. The maximum atomic E-state index is 12.1. The summed E-state index contributed by atoms with van der Waals surface area (Å²) in [5, 5.41) is 0. The average Bonchev–Trinajstić information content (AvgIpc) is 2.48. The van der Waals surface area contributed by atoms with Gasteiger partial charge in [-0.15, -0.1) is 0 Å². The third-order valence-corrected chi connectivity index (χ3v) is 5.44. The average molecular weight is 310 g/mol. The Morgan fingerprint density at radius 2 is 1.95 bits per heavy atom. The first-order chi connectivity index (χ1) is 10.0. The summed E-state index contributed by atoms with van der Waals surface area (Å²) in [7, 11) is -4.24. The Morgan fingerprint density at radius 3 is 2.62 bits per heavy atom. The van der Waals surface area contributed by atoms with Crippen LogP contribution >= 0.6 is 7.60 Å². The smallest absolute Gasteiger partial charge is 0.319 e. The van der Waals surface area contributed by atoms with Gasteiger partial charge in [0, 0.05) is 5.56 Å². The van der Waals surface area contributed by atoms with Crippen LogP contribution in [0.1, 0.15) is 54.4 Å². The van der Waals surface area contributed by atoms with Gasteiger partial charge in [0.1, 0.15) is 0 Å². The highest BCUT2D eigenvalue weighted by molar-refractivity contribution is 7.71. The van der Waals surface area contributed by atoms with E-state index in [0.717, 1.165) is 19.3 Å². The third kappa shape index (κ3) is 4.50. The quantitative estimate of drug-likeness (QED) is 0.795. The molecule has 5 heteroatoms. The second-order valence-electron chi connectivity index (χ2n) is 5.77. The van der Waals surface area contributed by atoms with Crippen molar-refractivity contribution in [2.75, 3.05) is 6.61 Å². The summed E-state index contributed by atoms with van der Waals surface area (Å²) in [5.41, 5.74) is 0.151. The molecule has 116 valence electrons. The molecule has 0 bridgehead atoms. The van der Waals surface area contributed by atoms with Gasteiger partial charge in [-0.2, -0.15) is 0 Å². The molecule has 21 heavy (non-hydrogen) atoms. The van der Waals surface area contributed by atoms with Crippen LogP contribution in [0.4, 0.5) is 0 Å². The molecule has 1 N–H and O–H groups in total. The maximum absolute atomic E-state index is 12.1. The van der Waals surface area contributed by atoms with Crippen molar-refractivity contribution in [3.8, 4) is 0 Å². The van der Waals surface area contributed by atoms with E-state index in [4.69, 9.17) is 4.52 Å². The molecule has 1 saturated carbocycles. The van der Waals surface area contributed by atoms with Crippen LogP contribution in [-0.4, -0.2) is 17.0 Å². The molecule has 1 unspecified atom stereocenters. The lowest BCUT2D eigenvalue weighted by atomic mass is 9.87. The van der Waals surface area contributed by atoms with Gasteiger partial charge in [-0.25, -0.2) is 0 Å². The molecule has 2 rings (SSSR count). The van der Waals surface area contributed by atoms with E-state index in [9.17, 15) is 14.3 Å². The van der Waals surface area contributed by atoms with Crippen molar-refractivity contribution in [2.45, 2.75) is 45.4 Å². The van der Waals surface area contributed by atoms with Crippen molar-refractivity contribution in [3.63, 3.8) is 0 Å². The van der Waals surface area contributed by atoms with Gasteiger partial charge in [-0.3, -0.25) is 9.36 Å². The predicted octanol–water partition coefficient (Wildman–Crippen LogP) is 4.31. The second-order valence-corrected chi connectivity index (χ2v) is 7.47. The fourth-order valence-corrected chi connectivity index (χ4v) is 3.87. The summed E-state index contributed by atoms with van der Waals surface area (Å²) in [5.74, 6) is 0.562. The summed E-state index contributed by atoms with van der Waals surface area (Å²) >= 11 is 0. The SMILES string of the molecule is Cc1ccccc1C(=O)P(=O)(O)OCCC1CCCCC1. The van der Waals surface area contributed by atoms with Gasteiger partial charge in [-0.05, 0) is 24.8 Å². The Balaban J connectivity index is 1.90. The molecule has 1 aliphatic rings. The molecule has 1 fully saturated rings. The molecule has 1 aromatic carbocycles. The Morgan fingerprint density at radius 1 is 1.29 bits per heavy atom. The largest absolute Gasteiger partial charge is 0.399 e.